The lowest BCUT2D eigenvalue weighted by Crippen LogP contribution is -2.12. The highest BCUT2D eigenvalue weighted by atomic mass is 16.5. The summed E-state index contributed by atoms with van der Waals surface area (Å²) in [4.78, 5) is 0. The van der Waals surface area contributed by atoms with E-state index in [-0.39, 0.29) is 0 Å². The number of aryl methyl sites for hydroxylation is 1. The summed E-state index contributed by atoms with van der Waals surface area (Å²) in [6.07, 6.45) is 15.1. The molecule has 0 unspecified atom stereocenters. The van der Waals surface area contributed by atoms with Crippen molar-refractivity contribution in [1.29, 1.82) is 0 Å². The van der Waals surface area contributed by atoms with E-state index in [0.717, 1.165) is 24.3 Å². The Kier molecular flexibility index (Phi) is 10.7. The monoisotopic (exact) mass is 430 g/mol. The van der Waals surface area contributed by atoms with Crippen molar-refractivity contribution < 1.29 is 4.74 Å². The fourth-order valence-corrected chi connectivity index (χ4v) is 4.71. The first-order valence-electron chi connectivity index (χ1n) is 13.1. The molecule has 1 nitrogen and oxygen atoms in total. The quantitative estimate of drug-likeness (QED) is 0.256. The number of hydrogen-bond donors (Lipinski definition) is 0. The van der Waals surface area contributed by atoms with Crippen molar-refractivity contribution in [3.05, 3.63) is 65.2 Å². The summed E-state index contributed by atoms with van der Waals surface area (Å²) in [6.45, 7) is 5.33. The van der Waals surface area contributed by atoms with Crippen LogP contribution < -0.4 is 4.74 Å². The van der Waals surface area contributed by atoms with Crippen LogP contribution in [0.2, 0.25) is 0 Å². The van der Waals surface area contributed by atoms with Crippen molar-refractivity contribution >= 4 is 0 Å². The second-order valence-electron chi connectivity index (χ2n) is 9.45. The summed E-state index contributed by atoms with van der Waals surface area (Å²) < 4.78 is 5.95. The first-order chi connectivity index (χ1) is 15.8. The van der Waals surface area contributed by atoms with Crippen molar-refractivity contribution in [2.75, 3.05) is 6.61 Å². The van der Waals surface area contributed by atoms with Crippen LogP contribution in [0.5, 0.6) is 5.75 Å². The molecule has 0 amide bonds. The largest absolute Gasteiger partial charge is 0.494 e. The summed E-state index contributed by atoms with van der Waals surface area (Å²) in [5.74, 6) is 9.20. The van der Waals surface area contributed by atoms with Crippen molar-refractivity contribution in [2.45, 2.75) is 96.8 Å². The van der Waals surface area contributed by atoms with Gasteiger partial charge in [0, 0.05) is 11.5 Å². The maximum Gasteiger partial charge on any atom is 0.119 e. The molecule has 3 rings (SSSR count). The van der Waals surface area contributed by atoms with E-state index in [9.17, 15) is 0 Å². The number of rotatable bonds is 11. The lowest BCUT2D eigenvalue weighted by atomic mass is 9.79. The molecule has 0 radical (unpaired) electrons. The SMILES string of the molecule is CCCCCCCCOc1ccc([C@H]2CC[C@H](C#Cc3ccc(CCC)cc3)CC2)cc1. The number of hydrogen-bond acceptors (Lipinski definition) is 1. The van der Waals surface area contributed by atoms with Crippen LogP contribution in [0.1, 0.15) is 107 Å². The summed E-state index contributed by atoms with van der Waals surface area (Å²) in [5.41, 5.74) is 4.04. The number of benzene rings is 2. The van der Waals surface area contributed by atoms with E-state index in [1.54, 1.807) is 0 Å². The summed E-state index contributed by atoms with van der Waals surface area (Å²) >= 11 is 0. The van der Waals surface area contributed by atoms with E-state index >= 15 is 0 Å². The Morgan fingerprint density at radius 1 is 0.750 bits per heavy atom. The van der Waals surface area contributed by atoms with Crippen LogP contribution in [-0.2, 0) is 6.42 Å². The first kappa shape index (κ1) is 24.4. The van der Waals surface area contributed by atoms with E-state index in [0.29, 0.717) is 11.8 Å². The third-order valence-corrected chi connectivity index (χ3v) is 6.76. The first-order valence-corrected chi connectivity index (χ1v) is 13.1. The molecule has 1 aliphatic carbocycles. The van der Waals surface area contributed by atoms with Gasteiger partial charge in [0.2, 0.25) is 0 Å². The molecule has 32 heavy (non-hydrogen) atoms. The zero-order valence-corrected chi connectivity index (χ0v) is 20.4. The summed E-state index contributed by atoms with van der Waals surface area (Å²) in [6, 6.07) is 17.7. The van der Waals surface area contributed by atoms with Crippen LogP contribution >= 0.6 is 0 Å². The van der Waals surface area contributed by atoms with Crippen molar-refractivity contribution in [1.82, 2.24) is 0 Å². The van der Waals surface area contributed by atoms with Crippen LogP contribution in [0.25, 0.3) is 0 Å². The average molecular weight is 431 g/mol. The Bertz CT molecular complexity index is 814. The normalized spacial score (nSPS) is 18.1. The van der Waals surface area contributed by atoms with E-state index in [4.69, 9.17) is 4.74 Å². The second-order valence-corrected chi connectivity index (χ2v) is 9.45. The number of unbranched alkanes of at least 4 members (excludes halogenated alkanes) is 5. The minimum atomic E-state index is 0.543. The Balaban J connectivity index is 1.38. The predicted octanol–water partition coefficient (Wildman–Crippen LogP) is 8.70. The van der Waals surface area contributed by atoms with Crippen molar-refractivity contribution in [3.8, 4) is 17.6 Å². The highest BCUT2D eigenvalue weighted by Gasteiger charge is 2.21. The number of ether oxygens (including phenoxy) is 1. The molecule has 1 aliphatic rings. The Labute approximate surface area is 197 Å². The van der Waals surface area contributed by atoms with Crippen LogP contribution in [0, 0.1) is 17.8 Å². The molecule has 0 aliphatic heterocycles. The van der Waals surface area contributed by atoms with Gasteiger partial charge in [0.1, 0.15) is 5.75 Å². The zero-order chi connectivity index (χ0) is 22.4. The molecule has 1 fully saturated rings. The molecular formula is C31H42O. The maximum atomic E-state index is 5.95. The molecule has 0 spiro atoms. The molecule has 0 saturated heterocycles. The van der Waals surface area contributed by atoms with Crippen LogP contribution in [0.4, 0.5) is 0 Å². The molecular weight excluding hydrogens is 388 g/mol. The molecule has 0 heterocycles. The standard InChI is InChI=1S/C31H42O/c1-3-5-6-7-8-9-25-32-31-23-21-30(22-24-31)29-19-17-28(18-20-29)16-15-27-13-11-26(10-4-2)12-14-27/h11-14,21-24,28-29H,3-10,17-20,25H2,1-2H3/t28-,29-. The minimum Gasteiger partial charge on any atom is -0.494 e. The fraction of sp³-hybridized carbons (Fsp3) is 0.548. The van der Waals surface area contributed by atoms with Gasteiger partial charge < -0.3 is 4.74 Å². The van der Waals surface area contributed by atoms with Gasteiger partial charge in [-0.3, -0.25) is 0 Å². The van der Waals surface area contributed by atoms with Gasteiger partial charge in [-0.05, 0) is 79.8 Å². The fourth-order valence-electron chi connectivity index (χ4n) is 4.71. The molecule has 172 valence electrons. The highest BCUT2D eigenvalue weighted by Crippen LogP contribution is 2.36. The van der Waals surface area contributed by atoms with E-state index in [2.05, 4.69) is 74.2 Å². The minimum absolute atomic E-state index is 0.543. The molecule has 2 aromatic carbocycles. The van der Waals surface area contributed by atoms with Crippen molar-refractivity contribution in [2.24, 2.45) is 5.92 Å². The molecule has 0 aromatic heterocycles. The van der Waals surface area contributed by atoms with E-state index in [1.165, 1.54) is 81.8 Å². The van der Waals surface area contributed by atoms with Crippen LogP contribution in [0.3, 0.4) is 0 Å². The average Bonchev–Trinajstić information content (AvgIpc) is 2.84. The van der Waals surface area contributed by atoms with Crippen LogP contribution in [-0.4, -0.2) is 6.61 Å². The van der Waals surface area contributed by atoms with Gasteiger partial charge in [0.05, 0.1) is 6.61 Å². The van der Waals surface area contributed by atoms with Gasteiger partial charge in [0.25, 0.3) is 0 Å². The second kappa shape index (κ2) is 14.1. The smallest absolute Gasteiger partial charge is 0.119 e. The van der Waals surface area contributed by atoms with Gasteiger partial charge in [-0.15, -0.1) is 0 Å². The van der Waals surface area contributed by atoms with Gasteiger partial charge in [0.15, 0.2) is 0 Å². The van der Waals surface area contributed by atoms with Gasteiger partial charge in [-0.1, -0.05) is 88.5 Å². The molecule has 0 atom stereocenters. The van der Waals surface area contributed by atoms with E-state index in [1.807, 2.05) is 0 Å². The van der Waals surface area contributed by atoms with Crippen molar-refractivity contribution in [3.63, 3.8) is 0 Å². The van der Waals surface area contributed by atoms with Gasteiger partial charge >= 0.3 is 0 Å². The third-order valence-electron chi connectivity index (χ3n) is 6.76. The zero-order valence-electron chi connectivity index (χ0n) is 20.4. The third kappa shape index (κ3) is 8.38. The van der Waals surface area contributed by atoms with Crippen LogP contribution in [0.15, 0.2) is 48.5 Å². The lowest BCUT2D eigenvalue weighted by Gasteiger charge is -2.26. The predicted molar refractivity (Wildman–Crippen MR) is 137 cm³/mol. The van der Waals surface area contributed by atoms with Gasteiger partial charge in [-0.25, -0.2) is 0 Å². The lowest BCUT2D eigenvalue weighted by molar-refractivity contribution is 0.304. The topological polar surface area (TPSA) is 9.23 Å². The Hall–Kier alpha value is -2.20. The Morgan fingerprint density at radius 3 is 2.12 bits per heavy atom. The Morgan fingerprint density at radius 2 is 1.44 bits per heavy atom. The summed E-state index contributed by atoms with van der Waals surface area (Å²) in [5, 5.41) is 0. The molecule has 0 N–H and O–H groups in total. The van der Waals surface area contributed by atoms with Gasteiger partial charge in [-0.2, -0.15) is 0 Å². The maximum absolute atomic E-state index is 5.95. The molecule has 0 bridgehead atoms. The summed E-state index contributed by atoms with van der Waals surface area (Å²) in [7, 11) is 0. The molecule has 1 heteroatoms. The van der Waals surface area contributed by atoms with E-state index < -0.39 is 0 Å². The molecule has 1 saturated carbocycles. The highest BCUT2D eigenvalue weighted by molar-refractivity contribution is 5.37. The molecule has 2 aromatic rings.